The number of aryl methyl sites for hydroxylation is 1. The molecule has 0 aliphatic carbocycles. The van der Waals surface area contributed by atoms with Crippen LogP contribution in [0.2, 0.25) is 0 Å². The summed E-state index contributed by atoms with van der Waals surface area (Å²) in [6.07, 6.45) is 0. The number of rotatable bonds is 2. The second-order valence-corrected chi connectivity index (χ2v) is 4.49. The van der Waals surface area contributed by atoms with Crippen molar-refractivity contribution >= 4 is 15.9 Å². The highest BCUT2D eigenvalue weighted by molar-refractivity contribution is 9.10. The zero-order valence-electron chi connectivity index (χ0n) is 8.76. The SMILES string of the molecule is Cc1cc(O)c(C(C)CN)c(C)c1Br. The van der Waals surface area contributed by atoms with Crippen molar-refractivity contribution in [1.82, 2.24) is 0 Å². The zero-order chi connectivity index (χ0) is 10.9. The number of phenols is 1. The number of hydrogen-bond acceptors (Lipinski definition) is 2. The fraction of sp³-hybridized carbons (Fsp3) is 0.455. The number of benzene rings is 1. The maximum atomic E-state index is 9.82. The molecular formula is C11H16BrNO. The van der Waals surface area contributed by atoms with Crippen molar-refractivity contribution < 1.29 is 5.11 Å². The first kappa shape index (κ1) is 11.5. The minimum atomic E-state index is 0.187. The van der Waals surface area contributed by atoms with Crippen LogP contribution in [0.4, 0.5) is 0 Å². The Kier molecular flexibility index (Phi) is 3.56. The Hall–Kier alpha value is -0.540. The van der Waals surface area contributed by atoms with Gasteiger partial charge in [-0.1, -0.05) is 22.9 Å². The Balaban J connectivity index is 3.36. The van der Waals surface area contributed by atoms with Gasteiger partial charge in [-0.3, -0.25) is 0 Å². The normalized spacial score (nSPS) is 12.9. The predicted octanol–water partition coefficient (Wildman–Crippen LogP) is 2.83. The molecule has 0 saturated heterocycles. The van der Waals surface area contributed by atoms with Gasteiger partial charge in [0.2, 0.25) is 0 Å². The number of halogens is 1. The lowest BCUT2D eigenvalue weighted by molar-refractivity contribution is 0.461. The summed E-state index contributed by atoms with van der Waals surface area (Å²) in [7, 11) is 0. The first-order chi connectivity index (χ1) is 6.49. The minimum absolute atomic E-state index is 0.187. The molecule has 3 heteroatoms. The first-order valence-electron chi connectivity index (χ1n) is 4.67. The van der Waals surface area contributed by atoms with E-state index in [1.165, 1.54) is 0 Å². The molecule has 0 aliphatic rings. The topological polar surface area (TPSA) is 46.2 Å². The lowest BCUT2D eigenvalue weighted by Crippen LogP contribution is -2.11. The van der Waals surface area contributed by atoms with E-state index in [0.717, 1.165) is 21.2 Å². The van der Waals surface area contributed by atoms with E-state index in [1.807, 2.05) is 20.8 Å². The molecule has 0 bridgehead atoms. The summed E-state index contributed by atoms with van der Waals surface area (Å²) in [4.78, 5) is 0. The molecule has 1 rings (SSSR count). The third-order valence-electron chi connectivity index (χ3n) is 2.55. The summed E-state index contributed by atoms with van der Waals surface area (Å²) in [5.41, 5.74) is 8.69. The van der Waals surface area contributed by atoms with Crippen LogP contribution in [-0.2, 0) is 0 Å². The summed E-state index contributed by atoms with van der Waals surface area (Å²) in [5, 5.41) is 9.82. The van der Waals surface area contributed by atoms with Gasteiger partial charge in [-0.15, -0.1) is 0 Å². The van der Waals surface area contributed by atoms with Gasteiger partial charge in [0, 0.05) is 10.0 Å². The fourth-order valence-corrected chi connectivity index (χ4v) is 2.02. The highest BCUT2D eigenvalue weighted by Crippen LogP contribution is 2.35. The molecule has 0 heterocycles. The van der Waals surface area contributed by atoms with Crippen molar-refractivity contribution in [1.29, 1.82) is 0 Å². The molecule has 0 amide bonds. The van der Waals surface area contributed by atoms with Crippen LogP contribution >= 0.6 is 15.9 Å². The van der Waals surface area contributed by atoms with Crippen molar-refractivity contribution in [3.05, 3.63) is 27.2 Å². The molecule has 1 aromatic carbocycles. The molecule has 78 valence electrons. The highest BCUT2D eigenvalue weighted by atomic mass is 79.9. The first-order valence-corrected chi connectivity index (χ1v) is 5.47. The number of hydrogen-bond donors (Lipinski definition) is 2. The van der Waals surface area contributed by atoms with Gasteiger partial charge < -0.3 is 10.8 Å². The van der Waals surface area contributed by atoms with Gasteiger partial charge >= 0.3 is 0 Å². The Morgan fingerprint density at radius 2 is 2.07 bits per heavy atom. The lowest BCUT2D eigenvalue weighted by Gasteiger charge is -2.17. The van der Waals surface area contributed by atoms with Gasteiger partial charge in [-0.2, -0.15) is 0 Å². The van der Waals surface area contributed by atoms with E-state index in [9.17, 15) is 5.11 Å². The third-order valence-corrected chi connectivity index (χ3v) is 3.78. The van der Waals surface area contributed by atoms with Crippen LogP contribution in [-0.4, -0.2) is 11.7 Å². The molecular weight excluding hydrogens is 242 g/mol. The molecule has 1 aromatic rings. The standard InChI is InChI=1S/C11H16BrNO/c1-6-4-9(14)10(7(2)5-13)8(3)11(6)12/h4,7,14H,5,13H2,1-3H3. The monoisotopic (exact) mass is 257 g/mol. The Morgan fingerprint density at radius 3 is 2.57 bits per heavy atom. The second kappa shape index (κ2) is 4.32. The Bertz CT molecular complexity index is 350. The van der Waals surface area contributed by atoms with Crippen LogP contribution in [0.5, 0.6) is 5.75 Å². The van der Waals surface area contributed by atoms with E-state index >= 15 is 0 Å². The Labute approximate surface area is 93.3 Å². The summed E-state index contributed by atoms with van der Waals surface area (Å²) in [6.45, 7) is 6.53. The van der Waals surface area contributed by atoms with Gasteiger partial charge in [0.1, 0.15) is 5.75 Å². The molecule has 0 aliphatic heterocycles. The van der Waals surface area contributed by atoms with Crippen LogP contribution in [0.1, 0.15) is 29.5 Å². The van der Waals surface area contributed by atoms with Crippen molar-refractivity contribution in [2.45, 2.75) is 26.7 Å². The van der Waals surface area contributed by atoms with E-state index < -0.39 is 0 Å². The van der Waals surface area contributed by atoms with Gasteiger partial charge in [0.05, 0.1) is 0 Å². The van der Waals surface area contributed by atoms with Crippen molar-refractivity contribution in [3.63, 3.8) is 0 Å². The van der Waals surface area contributed by atoms with Crippen LogP contribution in [0.3, 0.4) is 0 Å². The summed E-state index contributed by atoms with van der Waals surface area (Å²) in [6, 6.07) is 1.78. The minimum Gasteiger partial charge on any atom is -0.508 e. The highest BCUT2D eigenvalue weighted by Gasteiger charge is 2.15. The van der Waals surface area contributed by atoms with Crippen molar-refractivity contribution in [2.24, 2.45) is 5.73 Å². The molecule has 0 radical (unpaired) electrons. The van der Waals surface area contributed by atoms with E-state index in [1.54, 1.807) is 6.07 Å². The van der Waals surface area contributed by atoms with Gasteiger partial charge in [-0.25, -0.2) is 0 Å². The molecule has 0 aromatic heterocycles. The predicted molar refractivity (Wildman–Crippen MR) is 62.8 cm³/mol. The molecule has 1 atom stereocenters. The lowest BCUT2D eigenvalue weighted by atomic mass is 9.94. The van der Waals surface area contributed by atoms with Crippen LogP contribution in [0.25, 0.3) is 0 Å². The molecule has 3 N–H and O–H groups in total. The van der Waals surface area contributed by atoms with Gasteiger partial charge in [0.15, 0.2) is 0 Å². The summed E-state index contributed by atoms with van der Waals surface area (Å²) < 4.78 is 1.06. The van der Waals surface area contributed by atoms with E-state index in [2.05, 4.69) is 15.9 Å². The largest absolute Gasteiger partial charge is 0.508 e. The molecule has 0 saturated carbocycles. The molecule has 0 spiro atoms. The summed E-state index contributed by atoms with van der Waals surface area (Å²) in [5.74, 6) is 0.535. The third kappa shape index (κ3) is 1.93. The molecule has 14 heavy (non-hydrogen) atoms. The Morgan fingerprint density at radius 1 is 1.50 bits per heavy atom. The number of nitrogens with two attached hydrogens (primary N) is 1. The van der Waals surface area contributed by atoms with Gasteiger partial charge in [0.25, 0.3) is 0 Å². The van der Waals surface area contributed by atoms with E-state index in [0.29, 0.717) is 12.3 Å². The number of aromatic hydroxyl groups is 1. The quantitative estimate of drug-likeness (QED) is 0.856. The molecule has 1 unspecified atom stereocenters. The van der Waals surface area contributed by atoms with Crippen LogP contribution in [0.15, 0.2) is 10.5 Å². The molecule has 2 nitrogen and oxygen atoms in total. The average Bonchev–Trinajstić information content (AvgIpc) is 2.14. The zero-order valence-corrected chi connectivity index (χ0v) is 10.4. The van der Waals surface area contributed by atoms with E-state index in [-0.39, 0.29) is 5.92 Å². The smallest absolute Gasteiger partial charge is 0.119 e. The average molecular weight is 258 g/mol. The van der Waals surface area contributed by atoms with Gasteiger partial charge in [-0.05, 0) is 43.5 Å². The van der Waals surface area contributed by atoms with Crippen LogP contribution in [0, 0.1) is 13.8 Å². The maximum Gasteiger partial charge on any atom is 0.119 e. The summed E-state index contributed by atoms with van der Waals surface area (Å²) >= 11 is 3.51. The van der Waals surface area contributed by atoms with E-state index in [4.69, 9.17) is 5.73 Å². The van der Waals surface area contributed by atoms with Crippen molar-refractivity contribution in [3.8, 4) is 5.75 Å². The maximum absolute atomic E-state index is 9.82. The van der Waals surface area contributed by atoms with Crippen molar-refractivity contribution in [2.75, 3.05) is 6.54 Å². The van der Waals surface area contributed by atoms with Crippen LogP contribution < -0.4 is 5.73 Å². The number of phenolic OH excluding ortho intramolecular Hbond substituents is 1. The fourth-order valence-electron chi connectivity index (χ4n) is 1.69. The second-order valence-electron chi connectivity index (χ2n) is 3.70. The molecule has 0 fully saturated rings.